The Morgan fingerprint density at radius 1 is 0.957 bits per heavy atom. The molecule has 0 fully saturated rings. The molecule has 0 unspecified atom stereocenters. The van der Waals surface area contributed by atoms with Crippen molar-refractivity contribution in [3.63, 3.8) is 0 Å². The zero-order valence-corrected chi connectivity index (χ0v) is 13.6. The molecule has 0 heterocycles. The molecule has 0 aromatic heterocycles. The molecule has 5 nitrogen and oxygen atoms in total. The van der Waals surface area contributed by atoms with Crippen molar-refractivity contribution in [1.82, 2.24) is 0 Å². The summed E-state index contributed by atoms with van der Waals surface area (Å²) in [6.45, 7) is 1.95. The molecule has 2 aromatic carbocycles. The quantitative estimate of drug-likeness (QED) is 0.882. The van der Waals surface area contributed by atoms with E-state index in [-0.39, 0.29) is 11.5 Å². The summed E-state index contributed by atoms with van der Waals surface area (Å²) in [5, 5.41) is 9.53. The van der Waals surface area contributed by atoms with Gasteiger partial charge in [-0.25, -0.2) is 4.79 Å². The highest BCUT2D eigenvalue weighted by molar-refractivity contribution is 5.93. The molecule has 2 rings (SSSR count). The number of ether oxygens (including phenoxy) is 3. The number of carboxylic acids is 1. The van der Waals surface area contributed by atoms with Crippen molar-refractivity contribution in [1.29, 1.82) is 0 Å². The Hall–Kier alpha value is -2.69. The molecule has 0 radical (unpaired) electrons. The first-order valence-electron chi connectivity index (χ1n) is 7.15. The highest BCUT2D eigenvalue weighted by Crippen LogP contribution is 2.36. The Morgan fingerprint density at radius 3 is 2.17 bits per heavy atom. The van der Waals surface area contributed by atoms with Crippen LogP contribution in [0.4, 0.5) is 0 Å². The molecule has 2 aromatic rings. The van der Waals surface area contributed by atoms with Crippen LogP contribution in [-0.2, 0) is 0 Å². The van der Waals surface area contributed by atoms with Gasteiger partial charge in [-0.3, -0.25) is 0 Å². The summed E-state index contributed by atoms with van der Waals surface area (Å²) in [4.78, 5) is 11.6. The van der Waals surface area contributed by atoms with Gasteiger partial charge in [-0.15, -0.1) is 0 Å². The van der Waals surface area contributed by atoms with Crippen molar-refractivity contribution < 1.29 is 24.1 Å². The summed E-state index contributed by atoms with van der Waals surface area (Å²) >= 11 is 0. The maximum atomic E-state index is 11.6. The number of aromatic carboxylic acids is 1. The van der Waals surface area contributed by atoms with E-state index in [1.165, 1.54) is 7.11 Å². The third-order valence-electron chi connectivity index (χ3n) is 3.87. The number of methoxy groups -OCH3 is 3. The normalized spacial score (nSPS) is 11.7. The molecule has 23 heavy (non-hydrogen) atoms. The van der Waals surface area contributed by atoms with Crippen molar-refractivity contribution >= 4 is 5.97 Å². The van der Waals surface area contributed by atoms with E-state index < -0.39 is 5.97 Å². The molecule has 0 amide bonds. The minimum Gasteiger partial charge on any atom is -0.496 e. The number of benzene rings is 2. The zero-order valence-electron chi connectivity index (χ0n) is 13.6. The van der Waals surface area contributed by atoms with Gasteiger partial charge in [0.15, 0.2) is 11.5 Å². The predicted octanol–water partition coefficient (Wildman–Crippen LogP) is 3.56. The Balaban J connectivity index is 2.53. The zero-order chi connectivity index (χ0) is 17.0. The molecule has 0 bridgehead atoms. The van der Waals surface area contributed by atoms with Crippen LogP contribution in [0.15, 0.2) is 36.4 Å². The van der Waals surface area contributed by atoms with Gasteiger partial charge in [-0.2, -0.15) is 0 Å². The Bertz CT molecular complexity index is 709. The molecule has 122 valence electrons. The molecular weight excluding hydrogens is 296 g/mol. The van der Waals surface area contributed by atoms with Crippen LogP contribution < -0.4 is 14.2 Å². The van der Waals surface area contributed by atoms with Gasteiger partial charge in [0.2, 0.25) is 0 Å². The molecule has 0 aliphatic carbocycles. The van der Waals surface area contributed by atoms with Crippen molar-refractivity contribution in [2.75, 3.05) is 21.3 Å². The molecule has 1 atom stereocenters. The van der Waals surface area contributed by atoms with Gasteiger partial charge in [-0.05, 0) is 29.3 Å². The highest BCUT2D eigenvalue weighted by Gasteiger charge is 2.22. The summed E-state index contributed by atoms with van der Waals surface area (Å²) < 4.78 is 15.7. The maximum absolute atomic E-state index is 11.6. The monoisotopic (exact) mass is 316 g/mol. The molecule has 0 spiro atoms. The minimum absolute atomic E-state index is 0.143. The first kappa shape index (κ1) is 16.7. The standard InChI is InChI=1S/C18H20O5/c1-11(12-8-9-14(21-2)16(10-12)23-4)13-6-5-7-15(22-3)17(13)18(19)20/h5-11H,1-4H3,(H,19,20)/t11-/m0/s1. The molecule has 1 N–H and O–H groups in total. The second kappa shape index (κ2) is 7.05. The maximum Gasteiger partial charge on any atom is 0.339 e. The predicted molar refractivity (Wildman–Crippen MR) is 87.0 cm³/mol. The topological polar surface area (TPSA) is 65.0 Å². The fourth-order valence-corrected chi connectivity index (χ4v) is 2.61. The third kappa shape index (κ3) is 3.23. The number of carboxylic acid groups (broad SMARTS) is 1. The van der Waals surface area contributed by atoms with Crippen LogP contribution >= 0.6 is 0 Å². The van der Waals surface area contributed by atoms with Gasteiger partial charge in [0, 0.05) is 5.92 Å². The molecule has 0 aliphatic rings. The summed E-state index contributed by atoms with van der Waals surface area (Å²) in [5.74, 6) is 0.437. The Labute approximate surface area is 135 Å². The fourth-order valence-electron chi connectivity index (χ4n) is 2.61. The second-order valence-corrected chi connectivity index (χ2v) is 5.07. The Morgan fingerprint density at radius 2 is 1.61 bits per heavy atom. The second-order valence-electron chi connectivity index (χ2n) is 5.07. The van der Waals surface area contributed by atoms with E-state index in [0.29, 0.717) is 22.8 Å². The average molecular weight is 316 g/mol. The number of rotatable bonds is 6. The summed E-state index contributed by atoms with van der Waals surface area (Å²) in [6, 6.07) is 10.8. The van der Waals surface area contributed by atoms with Crippen molar-refractivity contribution in [3.8, 4) is 17.2 Å². The van der Waals surface area contributed by atoms with E-state index in [0.717, 1.165) is 5.56 Å². The van der Waals surface area contributed by atoms with Gasteiger partial charge in [0.1, 0.15) is 11.3 Å². The summed E-state index contributed by atoms with van der Waals surface area (Å²) in [7, 11) is 4.61. The SMILES string of the molecule is COc1ccc([C@H](C)c2cccc(OC)c2C(=O)O)cc1OC. The Kier molecular flexibility index (Phi) is 5.11. The molecular formula is C18H20O5. The largest absolute Gasteiger partial charge is 0.496 e. The van der Waals surface area contributed by atoms with Crippen molar-refractivity contribution in [2.45, 2.75) is 12.8 Å². The van der Waals surface area contributed by atoms with E-state index in [1.807, 2.05) is 25.1 Å². The first-order chi connectivity index (χ1) is 11.0. The molecule has 0 saturated heterocycles. The van der Waals surface area contributed by atoms with E-state index in [1.54, 1.807) is 32.4 Å². The minimum atomic E-state index is -1.01. The van der Waals surface area contributed by atoms with Crippen LogP contribution in [0.1, 0.15) is 34.3 Å². The molecule has 0 aliphatic heterocycles. The average Bonchev–Trinajstić information content (AvgIpc) is 2.59. The van der Waals surface area contributed by atoms with Crippen LogP contribution in [0.25, 0.3) is 0 Å². The van der Waals surface area contributed by atoms with Crippen LogP contribution in [0.3, 0.4) is 0 Å². The molecule has 5 heteroatoms. The highest BCUT2D eigenvalue weighted by atomic mass is 16.5. The lowest BCUT2D eigenvalue weighted by atomic mass is 9.89. The van der Waals surface area contributed by atoms with Crippen LogP contribution in [0.5, 0.6) is 17.2 Å². The van der Waals surface area contributed by atoms with Crippen molar-refractivity contribution in [2.24, 2.45) is 0 Å². The van der Waals surface area contributed by atoms with Crippen LogP contribution in [-0.4, -0.2) is 32.4 Å². The first-order valence-corrected chi connectivity index (χ1v) is 7.15. The fraction of sp³-hybridized carbons (Fsp3) is 0.278. The van der Waals surface area contributed by atoms with Gasteiger partial charge in [-0.1, -0.05) is 25.1 Å². The van der Waals surface area contributed by atoms with E-state index >= 15 is 0 Å². The lowest BCUT2D eigenvalue weighted by Crippen LogP contribution is -2.09. The van der Waals surface area contributed by atoms with Gasteiger partial charge < -0.3 is 19.3 Å². The smallest absolute Gasteiger partial charge is 0.339 e. The van der Waals surface area contributed by atoms with Gasteiger partial charge in [0.05, 0.1) is 21.3 Å². The summed E-state index contributed by atoms with van der Waals surface area (Å²) in [6.07, 6.45) is 0. The van der Waals surface area contributed by atoms with Gasteiger partial charge >= 0.3 is 5.97 Å². The van der Waals surface area contributed by atoms with Crippen molar-refractivity contribution in [3.05, 3.63) is 53.1 Å². The van der Waals surface area contributed by atoms with Crippen LogP contribution in [0.2, 0.25) is 0 Å². The van der Waals surface area contributed by atoms with Gasteiger partial charge in [0.25, 0.3) is 0 Å². The third-order valence-corrected chi connectivity index (χ3v) is 3.87. The summed E-state index contributed by atoms with van der Waals surface area (Å²) in [5.41, 5.74) is 1.79. The van der Waals surface area contributed by atoms with Crippen LogP contribution in [0, 0.1) is 0 Å². The van der Waals surface area contributed by atoms with E-state index in [2.05, 4.69) is 0 Å². The molecule has 0 saturated carbocycles. The number of carbonyl (C=O) groups is 1. The lowest BCUT2D eigenvalue weighted by molar-refractivity contribution is 0.0692. The number of hydrogen-bond acceptors (Lipinski definition) is 4. The van der Waals surface area contributed by atoms with E-state index in [9.17, 15) is 9.90 Å². The lowest BCUT2D eigenvalue weighted by Gasteiger charge is -2.18. The van der Waals surface area contributed by atoms with E-state index in [4.69, 9.17) is 14.2 Å². The number of hydrogen-bond donors (Lipinski definition) is 1.